The quantitative estimate of drug-likeness (QED) is 0.757. The molecule has 0 bridgehead atoms. The number of thioether (sulfide) groups is 1. The number of carboxylic acid groups (broad SMARTS) is 1. The monoisotopic (exact) mass is 272 g/mol. The van der Waals surface area contributed by atoms with Crippen molar-refractivity contribution in [2.45, 2.75) is 37.1 Å². The van der Waals surface area contributed by atoms with Crippen molar-refractivity contribution in [1.82, 2.24) is 14.8 Å². The van der Waals surface area contributed by atoms with Gasteiger partial charge in [0.1, 0.15) is 0 Å². The maximum Gasteiger partial charge on any atom is 0.313 e. The summed E-state index contributed by atoms with van der Waals surface area (Å²) in [4.78, 5) is 10.5. The van der Waals surface area contributed by atoms with Gasteiger partial charge in [0.25, 0.3) is 0 Å². The van der Waals surface area contributed by atoms with Gasteiger partial charge in [-0.25, -0.2) is 0 Å². The van der Waals surface area contributed by atoms with Crippen molar-refractivity contribution in [2.75, 3.05) is 18.1 Å². The number of ether oxygens (including phenoxy) is 1. The number of rotatable bonds is 5. The highest BCUT2D eigenvalue weighted by atomic mass is 32.2. The first kappa shape index (κ1) is 13.2. The van der Waals surface area contributed by atoms with Crippen LogP contribution in [0.4, 0.5) is 5.95 Å². The fraction of sp³-hybridized carbons (Fsp3) is 0.700. The largest absolute Gasteiger partial charge is 0.481 e. The molecular formula is C10H16N4O3S. The van der Waals surface area contributed by atoms with E-state index in [9.17, 15) is 4.79 Å². The van der Waals surface area contributed by atoms with E-state index in [4.69, 9.17) is 15.6 Å². The van der Waals surface area contributed by atoms with Crippen molar-refractivity contribution < 1.29 is 14.6 Å². The van der Waals surface area contributed by atoms with Crippen LogP contribution in [0.15, 0.2) is 5.16 Å². The maximum absolute atomic E-state index is 10.5. The predicted octanol–water partition coefficient (Wildman–Crippen LogP) is 0.606. The third kappa shape index (κ3) is 3.36. The summed E-state index contributed by atoms with van der Waals surface area (Å²) in [7, 11) is 0. The summed E-state index contributed by atoms with van der Waals surface area (Å²) in [6.45, 7) is 1.35. The SMILES string of the molecule is Nc1nnc(SCC(=O)O)n1CC1CCCCO1. The third-order valence-electron chi connectivity index (χ3n) is 2.73. The van der Waals surface area contributed by atoms with Gasteiger partial charge in [0.05, 0.1) is 18.4 Å². The fourth-order valence-corrected chi connectivity index (χ4v) is 2.53. The normalized spacial score (nSPS) is 19.9. The number of nitrogens with two attached hydrogens (primary N) is 1. The van der Waals surface area contributed by atoms with Gasteiger partial charge in [0, 0.05) is 6.61 Å². The third-order valence-corrected chi connectivity index (χ3v) is 3.68. The van der Waals surface area contributed by atoms with Gasteiger partial charge in [-0.1, -0.05) is 11.8 Å². The Hall–Kier alpha value is -1.28. The highest BCUT2D eigenvalue weighted by Crippen LogP contribution is 2.21. The lowest BCUT2D eigenvalue weighted by Gasteiger charge is -2.23. The Kier molecular flexibility index (Phi) is 4.43. The van der Waals surface area contributed by atoms with Crippen LogP contribution in [0.25, 0.3) is 0 Å². The van der Waals surface area contributed by atoms with E-state index in [2.05, 4.69) is 10.2 Å². The summed E-state index contributed by atoms with van der Waals surface area (Å²) in [6.07, 6.45) is 3.33. The first-order valence-electron chi connectivity index (χ1n) is 5.81. The number of carbonyl (C=O) groups is 1. The van der Waals surface area contributed by atoms with Crippen LogP contribution < -0.4 is 5.73 Å². The van der Waals surface area contributed by atoms with E-state index < -0.39 is 5.97 Å². The second-order valence-electron chi connectivity index (χ2n) is 4.12. The molecule has 0 aromatic carbocycles. The van der Waals surface area contributed by atoms with Gasteiger partial charge in [0.2, 0.25) is 5.95 Å². The molecule has 1 aliphatic heterocycles. The van der Waals surface area contributed by atoms with Gasteiger partial charge in [-0.15, -0.1) is 10.2 Å². The zero-order valence-electron chi connectivity index (χ0n) is 9.91. The summed E-state index contributed by atoms with van der Waals surface area (Å²) < 4.78 is 7.36. The van der Waals surface area contributed by atoms with Crippen LogP contribution >= 0.6 is 11.8 Å². The summed E-state index contributed by atoms with van der Waals surface area (Å²) in [5.41, 5.74) is 5.74. The second kappa shape index (κ2) is 6.05. The smallest absolute Gasteiger partial charge is 0.313 e. The van der Waals surface area contributed by atoms with Crippen molar-refractivity contribution in [1.29, 1.82) is 0 Å². The molecule has 1 aromatic heterocycles. The van der Waals surface area contributed by atoms with Crippen LogP contribution in [-0.2, 0) is 16.1 Å². The number of hydrogen-bond donors (Lipinski definition) is 2. The Labute approximate surface area is 109 Å². The van der Waals surface area contributed by atoms with Crippen LogP contribution in [0.2, 0.25) is 0 Å². The number of carboxylic acids is 1. The zero-order chi connectivity index (χ0) is 13.0. The molecule has 0 spiro atoms. The fourth-order valence-electron chi connectivity index (χ4n) is 1.86. The Morgan fingerprint density at radius 3 is 3.06 bits per heavy atom. The van der Waals surface area contributed by atoms with E-state index >= 15 is 0 Å². The molecule has 18 heavy (non-hydrogen) atoms. The summed E-state index contributed by atoms with van der Waals surface area (Å²) in [5.74, 6) is -0.636. The number of hydrogen-bond acceptors (Lipinski definition) is 6. The van der Waals surface area contributed by atoms with Crippen LogP contribution in [0.1, 0.15) is 19.3 Å². The first-order chi connectivity index (χ1) is 8.66. The lowest BCUT2D eigenvalue weighted by molar-refractivity contribution is -0.133. The van der Waals surface area contributed by atoms with E-state index in [0.717, 1.165) is 37.6 Å². The standard InChI is InChI=1S/C10H16N4O3S/c11-9-12-13-10(18-6-8(15)16)14(9)5-7-3-1-2-4-17-7/h7H,1-6H2,(H2,11,12)(H,15,16). The molecule has 1 saturated heterocycles. The molecule has 2 heterocycles. The van der Waals surface area contributed by atoms with Gasteiger partial charge < -0.3 is 15.6 Å². The van der Waals surface area contributed by atoms with Crippen molar-refractivity contribution in [3.8, 4) is 0 Å². The average Bonchev–Trinajstić information content (AvgIpc) is 2.70. The molecule has 1 unspecified atom stereocenters. The van der Waals surface area contributed by atoms with E-state index in [0.29, 0.717) is 17.6 Å². The molecule has 8 heteroatoms. The molecule has 1 fully saturated rings. The first-order valence-corrected chi connectivity index (χ1v) is 6.80. The average molecular weight is 272 g/mol. The van der Waals surface area contributed by atoms with E-state index in [1.165, 1.54) is 0 Å². The van der Waals surface area contributed by atoms with E-state index in [1.54, 1.807) is 4.57 Å². The lowest BCUT2D eigenvalue weighted by Crippen LogP contribution is -2.25. The molecule has 3 N–H and O–H groups in total. The molecule has 1 aromatic rings. The molecule has 2 rings (SSSR count). The number of anilines is 1. The van der Waals surface area contributed by atoms with Crippen LogP contribution in [-0.4, -0.2) is 44.3 Å². The molecule has 100 valence electrons. The van der Waals surface area contributed by atoms with Crippen molar-refractivity contribution >= 4 is 23.7 Å². The highest BCUT2D eigenvalue weighted by molar-refractivity contribution is 7.99. The Balaban J connectivity index is 2.01. The molecule has 0 radical (unpaired) electrons. The zero-order valence-corrected chi connectivity index (χ0v) is 10.7. The minimum absolute atomic E-state index is 0.0519. The molecule has 1 aliphatic rings. The highest BCUT2D eigenvalue weighted by Gasteiger charge is 2.19. The van der Waals surface area contributed by atoms with Gasteiger partial charge in [-0.3, -0.25) is 9.36 Å². The Bertz CT molecular complexity index is 417. The molecule has 0 saturated carbocycles. The lowest BCUT2D eigenvalue weighted by atomic mass is 10.1. The van der Waals surface area contributed by atoms with Gasteiger partial charge in [0.15, 0.2) is 5.16 Å². The Morgan fingerprint density at radius 2 is 2.39 bits per heavy atom. The molecule has 0 aliphatic carbocycles. The van der Waals surface area contributed by atoms with E-state index in [-0.39, 0.29) is 11.9 Å². The molecule has 7 nitrogen and oxygen atoms in total. The van der Waals surface area contributed by atoms with E-state index in [1.807, 2.05) is 0 Å². The minimum atomic E-state index is -0.887. The number of nitrogens with zero attached hydrogens (tertiary/aromatic N) is 3. The topological polar surface area (TPSA) is 103 Å². The Morgan fingerprint density at radius 1 is 1.56 bits per heavy atom. The summed E-state index contributed by atoms with van der Waals surface area (Å²) in [6, 6.07) is 0. The molecule has 1 atom stereocenters. The van der Waals surface area contributed by atoms with Gasteiger partial charge in [-0.05, 0) is 19.3 Å². The summed E-state index contributed by atoms with van der Waals surface area (Å²) >= 11 is 1.12. The number of nitrogen functional groups attached to an aromatic ring is 1. The predicted molar refractivity (Wildman–Crippen MR) is 66.4 cm³/mol. The van der Waals surface area contributed by atoms with Crippen molar-refractivity contribution in [2.24, 2.45) is 0 Å². The van der Waals surface area contributed by atoms with Gasteiger partial charge >= 0.3 is 5.97 Å². The second-order valence-corrected chi connectivity index (χ2v) is 5.06. The maximum atomic E-state index is 10.5. The van der Waals surface area contributed by atoms with Crippen molar-refractivity contribution in [3.05, 3.63) is 0 Å². The van der Waals surface area contributed by atoms with Gasteiger partial charge in [-0.2, -0.15) is 0 Å². The number of aliphatic carboxylic acids is 1. The van der Waals surface area contributed by atoms with Crippen LogP contribution in [0.5, 0.6) is 0 Å². The van der Waals surface area contributed by atoms with Crippen molar-refractivity contribution in [3.63, 3.8) is 0 Å². The minimum Gasteiger partial charge on any atom is -0.481 e. The van der Waals surface area contributed by atoms with Crippen LogP contribution in [0, 0.1) is 0 Å². The number of aromatic nitrogens is 3. The van der Waals surface area contributed by atoms with Crippen LogP contribution in [0.3, 0.4) is 0 Å². The summed E-state index contributed by atoms with van der Waals surface area (Å²) in [5, 5.41) is 16.9. The molecular weight excluding hydrogens is 256 g/mol. The molecule has 0 amide bonds.